The van der Waals surface area contributed by atoms with Crippen LogP contribution in [0.5, 0.6) is 0 Å². The van der Waals surface area contributed by atoms with Crippen LogP contribution in [-0.4, -0.2) is 10.3 Å². The summed E-state index contributed by atoms with van der Waals surface area (Å²) in [6, 6.07) is 13.5. The zero-order valence-corrected chi connectivity index (χ0v) is 21.5. The Bertz CT molecular complexity index is 661. The minimum absolute atomic E-state index is 0.185. The Hall–Kier alpha value is 0.203. The third-order valence-electron chi connectivity index (χ3n) is 3.79. The van der Waals surface area contributed by atoms with Crippen molar-refractivity contribution in [2.24, 2.45) is 0 Å². The van der Waals surface area contributed by atoms with Gasteiger partial charge in [0.1, 0.15) is 0 Å². The van der Waals surface area contributed by atoms with Crippen molar-refractivity contribution < 1.29 is 20.8 Å². The van der Waals surface area contributed by atoms with E-state index in [2.05, 4.69) is 90.1 Å². The van der Waals surface area contributed by atoms with Crippen LogP contribution in [0.2, 0.25) is 0 Å². The molecule has 1 aliphatic carbocycles. The van der Waals surface area contributed by atoms with Gasteiger partial charge < -0.3 is 0 Å². The molecular formula is C22H29Cl2PZr. The molecule has 140 valence electrons. The Morgan fingerprint density at radius 2 is 1.62 bits per heavy atom. The number of halogens is 2. The first-order valence-corrected chi connectivity index (χ1v) is 16.4. The van der Waals surface area contributed by atoms with Crippen molar-refractivity contribution >= 4 is 41.0 Å². The third-order valence-corrected chi connectivity index (χ3v) is 7.25. The first-order chi connectivity index (χ1) is 12.1. The quantitative estimate of drug-likeness (QED) is 0.283. The van der Waals surface area contributed by atoms with Gasteiger partial charge in [0, 0.05) is 0 Å². The van der Waals surface area contributed by atoms with E-state index in [-0.39, 0.29) is 7.92 Å². The SMILES string of the molecule is CC(C)(C)P(c1cc2ccccc2[cH-]1)C(C)(C)C.[C-]1=CC=CC1.[Cl][Zr+2][Cl]. The van der Waals surface area contributed by atoms with Crippen LogP contribution in [0.3, 0.4) is 0 Å². The number of hydrogen-bond donors (Lipinski definition) is 0. The molecule has 0 fully saturated rings. The predicted molar refractivity (Wildman–Crippen MR) is 119 cm³/mol. The molecule has 0 bridgehead atoms. The summed E-state index contributed by atoms with van der Waals surface area (Å²) in [4.78, 5) is 0. The molecule has 4 heteroatoms. The van der Waals surface area contributed by atoms with Crippen molar-refractivity contribution in [1.29, 1.82) is 0 Å². The summed E-state index contributed by atoms with van der Waals surface area (Å²) in [5.41, 5.74) is 0. The van der Waals surface area contributed by atoms with Gasteiger partial charge in [-0.25, -0.2) is 12.2 Å². The van der Waals surface area contributed by atoms with Crippen molar-refractivity contribution in [3.8, 4) is 0 Å². The number of hydrogen-bond acceptors (Lipinski definition) is 0. The summed E-state index contributed by atoms with van der Waals surface area (Å²) in [7, 11) is 9.68. The fourth-order valence-corrected chi connectivity index (χ4v) is 7.48. The van der Waals surface area contributed by atoms with Gasteiger partial charge in [-0.3, -0.25) is 6.08 Å². The molecule has 0 radical (unpaired) electrons. The average molecular weight is 487 g/mol. The average Bonchev–Trinajstić information content (AvgIpc) is 3.17. The maximum atomic E-state index is 4.93. The van der Waals surface area contributed by atoms with Crippen LogP contribution in [0.25, 0.3) is 10.8 Å². The molecule has 2 aromatic carbocycles. The topological polar surface area (TPSA) is 0 Å². The molecule has 0 saturated heterocycles. The van der Waals surface area contributed by atoms with Crippen LogP contribution in [0, 0.1) is 6.08 Å². The summed E-state index contributed by atoms with van der Waals surface area (Å²) >= 11 is -0.826. The number of rotatable bonds is 1. The Kier molecular flexibility index (Phi) is 10.5. The van der Waals surface area contributed by atoms with E-state index in [1.54, 1.807) is 5.30 Å². The molecule has 1 aliphatic rings. The van der Waals surface area contributed by atoms with Crippen molar-refractivity contribution in [2.45, 2.75) is 58.3 Å². The van der Waals surface area contributed by atoms with Crippen LogP contribution in [0.1, 0.15) is 48.0 Å². The fraction of sp³-hybridized carbons (Fsp3) is 0.409. The maximum absolute atomic E-state index is 4.93. The van der Waals surface area contributed by atoms with E-state index in [9.17, 15) is 0 Å². The summed E-state index contributed by atoms with van der Waals surface area (Å²) in [5, 5.41) is 5.00. The van der Waals surface area contributed by atoms with E-state index in [4.69, 9.17) is 17.0 Å². The Morgan fingerprint density at radius 1 is 1.04 bits per heavy atom. The van der Waals surface area contributed by atoms with E-state index >= 15 is 0 Å². The Balaban J connectivity index is 0.000000351. The molecule has 0 nitrogen and oxygen atoms in total. The molecule has 0 saturated carbocycles. The van der Waals surface area contributed by atoms with Crippen molar-refractivity contribution in [3.05, 3.63) is 60.7 Å². The van der Waals surface area contributed by atoms with Gasteiger partial charge in [-0.2, -0.15) is 12.1 Å². The van der Waals surface area contributed by atoms with Gasteiger partial charge in [-0.1, -0.05) is 55.5 Å². The molecule has 0 N–H and O–H groups in total. The Labute approximate surface area is 179 Å². The van der Waals surface area contributed by atoms with Gasteiger partial charge in [-0.05, 0) is 10.3 Å². The Morgan fingerprint density at radius 3 is 2.00 bits per heavy atom. The predicted octanol–water partition coefficient (Wildman–Crippen LogP) is 7.95. The second kappa shape index (κ2) is 11.3. The molecular weight excluding hydrogens is 457 g/mol. The second-order valence-corrected chi connectivity index (χ2v) is 15.7. The van der Waals surface area contributed by atoms with E-state index < -0.39 is 20.8 Å². The van der Waals surface area contributed by atoms with Crippen LogP contribution < -0.4 is 5.30 Å². The molecule has 0 aliphatic heterocycles. The van der Waals surface area contributed by atoms with E-state index in [0.717, 1.165) is 6.42 Å². The van der Waals surface area contributed by atoms with Gasteiger partial charge in [0.05, 0.1) is 0 Å². The van der Waals surface area contributed by atoms with Crippen LogP contribution in [0.4, 0.5) is 0 Å². The standard InChI is InChI=1S/C17H24P.C5H5.2ClH.Zr/c1-16(2,3)18(17(4,5)6)15-11-13-9-7-8-10-14(13)12-15;1-2-4-5-3-1;;;/h7-12H,1-6H3;1-3H,4H2;2*1H;/q2*-1;;;+4/p-2. The number of fused-ring (bicyclic) bond motifs is 1. The van der Waals surface area contributed by atoms with E-state index in [1.165, 1.54) is 10.8 Å². The monoisotopic (exact) mass is 484 g/mol. The minimum atomic E-state index is -0.826. The zero-order valence-electron chi connectivity index (χ0n) is 16.6. The first kappa shape index (κ1) is 24.2. The molecule has 0 unspecified atom stereocenters. The van der Waals surface area contributed by atoms with Crippen molar-refractivity contribution in [2.75, 3.05) is 0 Å². The van der Waals surface area contributed by atoms with E-state index in [0.29, 0.717) is 10.3 Å². The summed E-state index contributed by atoms with van der Waals surface area (Å²) in [6.45, 7) is 14.3. The molecule has 0 atom stereocenters. The molecule has 2 aromatic rings. The van der Waals surface area contributed by atoms with Gasteiger partial charge in [0.15, 0.2) is 0 Å². The molecule has 0 heterocycles. The summed E-state index contributed by atoms with van der Waals surface area (Å²) < 4.78 is 0. The van der Waals surface area contributed by atoms with Crippen LogP contribution in [-0.2, 0) is 20.8 Å². The molecule has 3 rings (SSSR count). The molecule has 0 spiro atoms. The molecule has 26 heavy (non-hydrogen) atoms. The second-order valence-electron chi connectivity index (χ2n) is 8.09. The van der Waals surface area contributed by atoms with Gasteiger partial charge in [0.2, 0.25) is 0 Å². The fourth-order valence-electron chi connectivity index (χ4n) is 3.38. The van der Waals surface area contributed by atoms with Gasteiger partial charge in [-0.15, -0.1) is 46.8 Å². The van der Waals surface area contributed by atoms with Crippen LogP contribution in [0.15, 0.2) is 54.6 Å². The zero-order chi connectivity index (χ0) is 19.8. The normalized spacial score (nSPS) is 13.1. The summed E-state index contributed by atoms with van der Waals surface area (Å²) in [5.74, 6) is 0. The summed E-state index contributed by atoms with van der Waals surface area (Å²) in [6.07, 6.45) is 10.0. The van der Waals surface area contributed by atoms with Crippen molar-refractivity contribution in [3.63, 3.8) is 0 Å². The number of allylic oxidation sites excluding steroid dienone is 4. The first-order valence-electron chi connectivity index (χ1n) is 8.75. The number of benzene rings is 1. The molecule has 0 aromatic heterocycles. The van der Waals surface area contributed by atoms with E-state index in [1.807, 2.05) is 12.2 Å². The third kappa shape index (κ3) is 8.06. The van der Waals surface area contributed by atoms with Crippen molar-refractivity contribution in [1.82, 2.24) is 0 Å². The van der Waals surface area contributed by atoms with Gasteiger partial charge >= 0.3 is 37.9 Å². The van der Waals surface area contributed by atoms with Crippen LogP contribution >= 0.6 is 24.9 Å². The van der Waals surface area contributed by atoms with Gasteiger partial charge in [0.25, 0.3) is 0 Å². The molecule has 0 amide bonds.